The Morgan fingerprint density at radius 3 is 2.44 bits per heavy atom. The predicted octanol–water partition coefficient (Wildman–Crippen LogP) is 3.30. The summed E-state index contributed by atoms with van der Waals surface area (Å²) >= 11 is 0. The summed E-state index contributed by atoms with van der Waals surface area (Å²) in [5, 5.41) is 0.766. The number of fused-ring (bicyclic) bond motifs is 4. The van der Waals surface area contributed by atoms with E-state index in [1.165, 1.54) is 11.3 Å². The van der Waals surface area contributed by atoms with Crippen molar-refractivity contribution in [3.8, 4) is 0 Å². The van der Waals surface area contributed by atoms with E-state index >= 15 is 0 Å². The van der Waals surface area contributed by atoms with Gasteiger partial charge < -0.3 is 24.3 Å². The summed E-state index contributed by atoms with van der Waals surface area (Å²) in [6.07, 6.45) is 0.850. The molecule has 0 bridgehead atoms. The number of morpholine rings is 2. The number of aromatic amines is 1. The Balaban J connectivity index is 1.45. The van der Waals surface area contributed by atoms with Gasteiger partial charge in [-0.25, -0.2) is 4.98 Å². The zero-order valence-electron chi connectivity index (χ0n) is 21.1. The number of anilines is 1. The number of aromatic nitrogens is 2. The third-order valence-corrected chi connectivity index (χ3v) is 7.90. The van der Waals surface area contributed by atoms with Crippen LogP contribution in [0.25, 0.3) is 11.0 Å². The summed E-state index contributed by atoms with van der Waals surface area (Å²) in [5.74, 6) is -0.0905. The molecule has 1 aliphatic carbocycles. The van der Waals surface area contributed by atoms with Gasteiger partial charge in [-0.2, -0.15) is 0 Å². The van der Waals surface area contributed by atoms with Crippen LogP contribution in [0, 0.1) is 0 Å². The molecule has 1 N–H and O–H groups in total. The molecule has 2 aromatic heterocycles. The summed E-state index contributed by atoms with van der Waals surface area (Å²) in [6, 6.07) is 7.92. The number of amides is 1. The molecule has 36 heavy (non-hydrogen) atoms. The fourth-order valence-electron chi connectivity index (χ4n) is 5.81. The van der Waals surface area contributed by atoms with Crippen LogP contribution in [0.4, 0.5) is 5.69 Å². The minimum atomic E-state index is -0.430. The summed E-state index contributed by atoms with van der Waals surface area (Å²) in [4.78, 5) is 39.2. The van der Waals surface area contributed by atoms with Gasteiger partial charge in [0.25, 0.3) is 5.91 Å². The fraction of sp³-hybridized carbons (Fsp3) is 0.464. The lowest BCUT2D eigenvalue weighted by Gasteiger charge is -2.36. The van der Waals surface area contributed by atoms with Crippen LogP contribution in [0.2, 0.25) is 0 Å². The Morgan fingerprint density at radius 1 is 1.06 bits per heavy atom. The smallest absolute Gasteiger partial charge is 0.272 e. The molecule has 8 heteroatoms. The van der Waals surface area contributed by atoms with Crippen molar-refractivity contribution in [2.24, 2.45) is 0 Å². The zero-order chi connectivity index (χ0) is 25.0. The van der Waals surface area contributed by atoms with Crippen molar-refractivity contribution in [1.29, 1.82) is 0 Å². The number of ether oxygens (including phenoxy) is 2. The third-order valence-electron chi connectivity index (χ3n) is 7.90. The van der Waals surface area contributed by atoms with Gasteiger partial charge in [-0.1, -0.05) is 20.8 Å². The zero-order valence-corrected chi connectivity index (χ0v) is 21.1. The summed E-state index contributed by atoms with van der Waals surface area (Å²) in [5.41, 5.74) is 6.21. The molecule has 2 fully saturated rings. The average molecular weight is 489 g/mol. The first-order valence-electron chi connectivity index (χ1n) is 12.8. The number of hydrogen-bond donors (Lipinski definition) is 1. The number of hydrogen-bond acceptors (Lipinski definition) is 6. The molecular weight excluding hydrogens is 456 g/mol. The van der Waals surface area contributed by atoms with Crippen molar-refractivity contribution in [1.82, 2.24) is 14.9 Å². The van der Waals surface area contributed by atoms with Gasteiger partial charge >= 0.3 is 0 Å². The van der Waals surface area contributed by atoms with Crippen LogP contribution in [0.1, 0.15) is 64.0 Å². The van der Waals surface area contributed by atoms with E-state index in [0.29, 0.717) is 56.4 Å². The second-order valence-electron chi connectivity index (χ2n) is 10.3. The van der Waals surface area contributed by atoms with Gasteiger partial charge in [-0.05, 0) is 41.8 Å². The van der Waals surface area contributed by atoms with Crippen LogP contribution >= 0.6 is 0 Å². The van der Waals surface area contributed by atoms with Gasteiger partial charge in [0.15, 0.2) is 5.78 Å². The monoisotopic (exact) mass is 488 g/mol. The normalized spacial score (nSPS) is 19.4. The molecule has 1 aromatic carbocycles. The Morgan fingerprint density at radius 2 is 1.75 bits per heavy atom. The van der Waals surface area contributed by atoms with Crippen molar-refractivity contribution < 1.29 is 19.1 Å². The molecule has 0 atom stereocenters. The molecule has 6 rings (SSSR count). The van der Waals surface area contributed by atoms with Crippen molar-refractivity contribution in [3.05, 3.63) is 57.9 Å². The summed E-state index contributed by atoms with van der Waals surface area (Å²) in [7, 11) is 0. The Labute approximate surface area is 210 Å². The van der Waals surface area contributed by atoms with E-state index < -0.39 is 5.41 Å². The molecule has 3 aliphatic rings. The largest absolute Gasteiger partial charge is 0.378 e. The van der Waals surface area contributed by atoms with Gasteiger partial charge in [0.2, 0.25) is 0 Å². The van der Waals surface area contributed by atoms with E-state index in [1.807, 2.05) is 6.07 Å². The number of rotatable bonds is 3. The van der Waals surface area contributed by atoms with Gasteiger partial charge in [0.1, 0.15) is 11.3 Å². The number of carbonyl (C=O) groups excluding carboxylic acids is 2. The van der Waals surface area contributed by atoms with Crippen LogP contribution in [0.3, 0.4) is 0 Å². The molecule has 4 heterocycles. The lowest BCUT2D eigenvalue weighted by atomic mass is 9.70. The van der Waals surface area contributed by atoms with Crippen molar-refractivity contribution in [3.63, 3.8) is 0 Å². The fourth-order valence-corrected chi connectivity index (χ4v) is 5.81. The van der Waals surface area contributed by atoms with Gasteiger partial charge in [-0.3, -0.25) is 9.59 Å². The molecule has 188 valence electrons. The minimum absolute atomic E-state index is 0.0165. The molecular formula is C28H32N4O4. The number of benzene rings is 1. The second kappa shape index (κ2) is 8.71. The molecule has 1 amide bonds. The Hall–Kier alpha value is -3.23. The van der Waals surface area contributed by atoms with Gasteiger partial charge in [0.05, 0.1) is 32.0 Å². The maximum absolute atomic E-state index is 13.9. The number of ketones is 1. The van der Waals surface area contributed by atoms with E-state index in [2.05, 4.69) is 47.8 Å². The predicted molar refractivity (Wildman–Crippen MR) is 137 cm³/mol. The highest BCUT2D eigenvalue weighted by molar-refractivity contribution is 6.20. The highest BCUT2D eigenvalue weighted by Crippen LogP contribution is 2.45. The van der Waals surface area contributed by atoms with Crippen LogP contribution in [-0.2, 0) is 21.3 Å². The van der Waals surface area contributed by atoms with Crippen LogP contribution in [0.15, 0.2) is 24.3 Å². The van der Waals surface area contributed by atoms with Crippen LogP contribution < -0.4 is 4.90 Å². The number of pyridine rings is 1. The number of nitrogens with one attached hydrogen (secondary N) is 1. The van der Waals surface area contributed by atoms with Crippen LogP contribution in [-0.4, -0.2) is 79.2 Å². The first-order chi connectivity index (χ1) is 17.4. The Kier molecular flexibility index (Phi) is 5.61. The maximum Gasteiger partial charge on any atom is 0.272 e. The van der Waals surface area contributed by atoms with E-state index in [-0.39, 0.29) is 11.7 Å². The molecule has 0 unspecified atom stereocenters. The molecule has 2 saturated heterocycles. The van der Waals surface area contributed by atoms with E-state index in [1.54, 1.807) is 11.0 Å². The second-order valence-corrected chi connectivity index (χ2v) is 10.3. The lowest BCUT2D eigenvalue weighted by molar-refractivity contribution is 0.0299. The highest BCUT2D eigenvalue weighted by atomic mass is 16.5. The highest BCUT2D eigenvalue weighted by Gasteiger charge is 2.41. The third kappa shape index (κ3) is 3.54. The molecule has 0 spiro atoms. The number of aryl methyl sites for hydroxylation is 1. The van der Waals surface area contributed by atoms with Gasteiger partial charge in [-0.15, -0.1) is 0 Å². The number of carbonyl (C=O) groups is 2. The quantitative estimate of drug-likeness (QED) is 0.609. The molecule has 3 aromatic rings. The average Bonchev–Trinajstić information content (AvgIpc) is 3.32. The summed E-state index contributed by atoms with van der Waals surface area (Å²) < 4.78 is 10.9. The Bertz CT molecular complexity index is 1360. The topological polar surface area (TPSA) is 87.8 Å². The minimum Gasteiger partial charge on any atom is -0.378 e. The molecule has 0 radical (unpaired) electrons. The molecule has 2 aliphatic heterocycles. The van der Waals surface area contributed by atoms with E-state index in [4.69, 9.17) is 9.47 Å². The van der Waals surface area contributed by atoms with E-state index in [9.17, 15) is 9.59 Å². The lowest BCUT2D eigenvalue weighted by Crippen LogP contribution is -2.41. The van der Waals surface area contributed by atoms with E-state index in [0.717, 1.165) is 41.7 Å². The molecule has 0 saturated carbocycles. The van der Waals surface area contributed by atoms with Crippen molar-refractivity contribution in [2.45, 2.75) is 32.6 Å². The first-order valence-corrected chi connectivity index (χ1v) is 12.8. The number of nitrogens with zero attached hydrogens (tertiary/aromatic N) is 3. The molecule has 8 nitrogen and oxygen atoms in total. The SMILES string of the molecule is CCc1cc2c(cc1N1CCOCC1)C(C)(C)c1[nH]c3nc(C(=O)N4CCOCC4)ccc3c1C2=O. The van der Waals surface area contributed by atoms with Crippen LogP contribution in [0.5, 0.6) is 0 Å². The summed E-state index contributed by atoms with van der Waals surface area (Å²) in [6.45, 7) is 11.8. The van der Waals surface area contributed by atoms with Gasteiger partial charge in [0, 0.05) is 53.9 Å². The number of H-pyrrole nitrogens is 1. The maximum atomic E-state index is 13.9. The standard InChI is InChI=1S/C28H32N4O4/c1-4-17-15-19-20(16-22(17)31-7-11-35-12-8-31)28(2,3)25-23(24(19)33)18-5-6-21(29-26(18)30-25)27(34)32-9-13-36-14-10-32/h5-6,15-16H,4,7-14H2,1-3H3,(H,29,30). The first kappa shape index (κ1) is 23.2. The van der Waals surface area contributed by atoms with Crippen molar-refractivity contribution >= 4 is 28.4 Å². The van der Waals surface area contributed by atoms with Crippen molar-refractivity contribution in [2.75, 3.05) is 57.5 Å².